The summed E-state index contributed by atoms with van der Waals surface area (Å²) in [6.07, 6.45) is 5.97. The first-order valence-electron chi connectivity index (χ1n) is 14.2. The minimum absolute atomic E-state index is 0.00370. The normalized spacial score (nSPS) is 32.7. The molecule has 39 heavy (non-hydrogen) atoms. The summed E-state index contributed by atoms with van der Waals surface area (Å²) in [7, 11) is 0. The summed E-state index contributed by atoms with van der Waals surface area (Å²) < 4.78 is 0. The van der Waals surface area contributed by atoms with E-state index in [0.29, 0.717) is 28.6 Å². The third-order valence-corrected chi connectivity index (χ3v) is 10.5. The molecule has 0 aromatic heterocycles. The number of carbonyl (C=O) groups is 2. The van der Waals surface area contributed by atoms with Gasteiger partial charge in [0, 0.05) is 33.2 Å². The smallest absolute Gasteiger partial charge is 0.238 e. The fraction of sp³-hybridized carbons (Fsp3) is 0.548. The first-order chi connectivity index (χ1) is 18.5. The molecule has 3 fully saturated rings. The zero-order valence-corrected chi connectivity index (χ0v) is 24.0. The second kappa shape index (κ2) is 9.76. The van der Waals surface area contributed by atoms with Gasteiger partial charge in [-0.05, 0) is 92.2 Å². The number of hydrogen-bond acceptors (Lipinski definition) is 4. The summed E-state index contributed by atoms with van der Waals surface area (Å²) in [5.74, 6) is -0.667. The van der Waals surface area contributed by atoms with Crippen LogP contribution in [0.1, 0.15) is 82.3 Å². The number of halogens is 2. The summed E-state index contributed by atoms with van der Waals surface area (Å²) in [6.45, 7) is 4.56. The van der Waals surface area contributed by atoms with E-state index in [0.717, 1.165) is 49.7 Å². The van der Waals surface area contributed by atoms with Gasteiger partial charge in [0.15, 0.2) is 0 Å². The van der Waals surface area contributed by atoms with Crippen LogP contribution in [0.3, 0.4) is 0 Å². The zero-order chi connectivity index (χ0) is 27.6. The van der Waals surface area contributed by atoms with E-state index in [-0.39, 0.29) is 29.4 Å². The van der Waals surface area contributed by atoms with Crippen molar-refractivity contribution in [3.63, 3.8) is 0 Å². The van der Waals surface area contributed by atoms with E-state index in [1.165, 1.54) is 0 Å². The largest absolute Gasteiger partial charge is 0.393 e. The number of nitrogens with one attached hydrogen (secondary N) is 3. The highest BCUT2D eigenvalue weighted by Gasteiger charge is 2.72. The molecule has 6 nitrogen and oxygen atoms in total. The predicted octanol–water partition coefficient (Wildman–Crippen LogP) is 5.70. The lowest BCUT2D eigenvalue weighted by molar-refractivity contribution is -0.125. The van der Waals surface area contributed by atoms with Crippen LogP contribution in [-0.4, -0.2) is 40.6 Å². The van der Waals surface area contributed by atoms with E-state index in [9.17, 15) is 14.7 Å². The SMILES string of the molecule is CC1(C)CCC2(CC1)N[C@@H](C(=O)NC1CCC(O)CC1)[C@H](c1cccc(Cl)c1)[C@]21C(=O)Nc2cc(Cl)ccc21. The molecule has 0 radical (unpaired) electrons. The van der Waals surface area contributed by atoms with Crippen LogP contribution in [0.25, 0.3) is 0 Å². The molecular weight excluding hydrogens is 533 g/mol. The fourth-order valence-corrected chi connectivity index (χ4v) is 8.27. The Balaban J connectivity index is 1.51. The lowest BCUT2D eigenvalue weighted by Crippen LogP contribution is -2.61. The molecule has 2 aliphatic heterocycles. The van der Waals surface area contributed by atoms with Gasteiger partial charge in [0.05, 0.1) is 12.1 Å². The maximum Gasteiger partial charge on any atom is 0.238 e. The Labute approximate surface area is 240 Å². The van der Waals surface area contributed by atoms with Gasteiger partial charge in [0.25, 0.3) is 0 Å². The van der Waals surface area contributed by atoms with Crippen molar-refractivity contribution in [3.8, 4) is 0 Å². The van der Waals surface area contributed by atoms with Crippen LogP contribution in [0.2, 0.25) is 10.0 Å². The van der Waals surface area contributed by atoms with Gasteiger partial charge in [-0.15, -0.1) is 0 Å². The molecule has 4 aliphatic rings. The van der Waals surface area contributed by atoms with Crippen molar-refractivity contribution >= 4 is 40.7 Å². The maximum atomic E-state index is 14.5. The summed E-state index contributed by atoms with van der Waals surface area (Å²) in [5.41, 5.74) is 0.996. The Morgan fingerprint density at radius 1 is 0.974 bits per heavy atom. The molecule has 3 atom stereocenters. The van der Waals surface area contributed by atoms with Gasteiger partial charge in [0.1, 0.15) is 5.41 Å². The molecule has 8 heteroatoms. The highest BCUT2D eigenvalue weighted by molar-refractivity contribution is 6.31. The van der Waals surface area contributed by atoms with Crippen molar-refractivity contribution in [1.29, 1.82) is 0 Å². The molecule has 208 valence electrons. The van der Waals surface area contributed by atoms with E-state index in [1.807, 2.05) is 42.5 Å². The van der Waals surface area contributed by atoms with Gasteiger partial charge in [-0.2, -0.15) is 0 Å². The quantitative estimate of drug-likeness (QED) is 0.381. The first kappa shape index (κ1) is 27.1. The number of fused-ring (bicyclic) bond motifs is 3. The molecule has 2 aromatic rings. The zero-order valence-electron chi connectivity index (χ0n) is 22.5. The molecule has 2 spiro atoms. The van der Waals surface area contributed by atoms with Crippen molar-refractivity contribution in [2.24, 2.45) is 5.41 Å². The van der Waals surface area contributed by atoms with Crippen molar-refractivity contribution in [2.45, 2.75) is 100 Å². The lowest BCUT2D eigenvalue weighted by atomic mass is 9.53. The van der Waals surface area contributed by atoms with E-state index >= 15 is 0 Å². The number of anilines is 1. The molecule has 1 saturated heterocycles. The monoisotopic (exact) mass is 569 g/mol. The summed E-state index contributed by atoms with van der Waals surface area (Å²) in [5, 5.41) is 21.4. The summed E-state index contributed by atoms with van der Waals surface area (Å²) in [4.78, 5) is 28.7. The Hall–Kier alpha value is -2.12. The maximum absolute atomic E-state index is 14.5. The number of hydrogen-bond donors (Lipinski definition) is 4. The Bertz CT molecular complexity index is 1300. The lowest BCUT2D eigenvalue weighted by Gasteiger charge is -2.50. The average molecular weight is 571 g/mol. The van der Waals surface area contributed by atoms with Gasteiger partial charge in [-0.25, -0.2) is 0 Å². The van der Waals surface area contributed by atoms with Crippen LogP contribution in [0.15, 0.2) is 42.5 Å². The molecule has 2 heterocycles. The third kappa shape index (κ3) is 4.39. The van der Waals surface area contributed by atoms with Crippen LogP contribution < -0.4 is 16.0 Å². The second-order valence-electron chi connectivity index (χ2n) is 12.9. The molecule has 2 saturated carbocycles. The standard InChI is InChI=1S/C31H37Cl2N3O3/c1-29(2)12-14-30(15-13-29)31(23-11-6-20(33)17-24(23)35-28(31)39)25(18-4-3-5-19(32)16-18)26(36-30)27(38)34-21-7-9-22(37)10-8-21/h3-6,11,16-17,21-22,25-26,36-37H,7-10,12-15H2,1-2H3,(H,34,38)(H,35,39)/t21?,22?,25-,26+,31+/m0/s1. The van der Waals surface area contributed by atoms with Gasteiger partial charge in [0.2, 0.25) is 11.8 Å². The summed E-state index contributed by atoms with van der Waals surface area (Å²) >= 11 is 12.9. The number of carbonyl (C=O) groups excluding carboxylic acids is 2. The molecule has 0 unspecified atom stereocenters. The highest BCUT2D eigenvalue weighted by Crippen LogP contribution is 2.63. The van der Waals surface area contributed by atoms with Crippen LogP contribution in [-0.2, 0) is 15.0 Å². The van der Waals surface area contributed by atoms with Gasteiger partial charge in [-0.3, -0.25) is 14.9 Å². The number of benzene rings is 2. The van der Waals surface area contributed by atoms with Crippen LogP contribution >= 0.6 is 23.2 Å². The van der Waals surface area contributed by atoms with Crippen molar-refractivity contribution in [3.05, 3.63) is 63.6 Å². The van der Waals surface area contributed by atoms with Gasteiger partial charge < -0.3 is 15.7 Å². The highest BCUT2D eigenvalue weighted by atomic mass is 35.5. The molecule has 6 rings (SSSR count). The van der Waals surface area contributed by atoms with E-state index < -0.39 is 22.9 Å². The number of aliphatic hydroxyl groups is 1. The van der Waals surface area contributed by atoms with Gasteiger partial charge in [-0.1, -0.05) is 55.2 Å². The minimum Gasteiger partial charge on any atom is -0.393 e. The second-order valence-corrected chi connectivity index (χ2v) is 13.7. The van der Waals surface area contributed by atoms with Crippen LogP contribution in [0.4, 0.5) is 5.69 Å². The first-order valence-corrected chi connectivity index (χ1v) is 14.9. The van der Waals surface area contributed by atoms with Gasteiger partial charge >= 0.3 is 0 Å². The topological polar surface area (TPSA) is 90.5 Å². The number of rotatable bonds is 3. The number of amides is 2. The number of aliphatic hydroxyl groups excluding tert-OH is 1. The Morgan fingerprint density at radius 2 is 1.67 bits per heavy atom. The molecule has 2 aliphatic carbocycles. The van der Waals surface area contributed by atoms with Crippen molar-refractivity contribution < 1.29 is 14.7 Å². The third-order valence-electron chi connectivity index (χ3n) is 9.99. The molecule has 2 amide bonds. The molecule has 0 bridgehead atoms. The minimum atomic E-state index is -1.02. The molecule has 2 aromatic carbocycles. The van der Waals surface area contributed by atoms with Crippen molar-refractivity contribution in [2.75, 3.05) is 5.32 Å². The van der Waals surface area contributed by atoms with E-state index in [1.54, 1.807) is 0 Å². The van der Waals surface area contributed by atoms with E-state index in [2.05, 4.69) is 29.8 Å². The fourth-order valence-electron chi connectivity index (χ4n) is 7.90. The Kier molecular flexibility index (Phi) is 6.77. The Morgan fingerprint density at radius 3 is 2.36 bits per heavy atom. The average Bonchev–Trinajstić information content (AvgIpc) is 3.35. The van der Waals surface area contributed by atoms with Crippen LogP contribution in [0.5, 0.6) is 0 Å². The van der Waals surface area contributed by atoms with E-state index in [4.69, 9.17) is 23.2 Å². The predicted molar refractivity (Wildman–Crippen MR) is 154 cm³/mol. The molecular formula is C31H37Cl2N3O3. The summed E-state index contributed by atoms with van der Waals surface area (Å²) in [6, 6.07) is 12.6. The van der Waals surface area contributed by atoms with Crippen molar-refractivity contribution in [1.82, 2.24) is 10.6 Å². The molecule has 4 N–H and O–H groups in total. The van der Waals surface area contributed by atoms with Crippen LogP contribution in [0, 0.1) is 5.41 Å².